The third kappa shape index (κ3) is 3.02. The largest absolute Gasteiger partial charge is 0.481 e. The lowest BCUT2D eigenvalue weighted by Gasteiger charge is -2.38. The van der Waals surface area contributed by atoms with Crippen molar-refractivity contribution in [3.63, 3.8) is 0 Å². The second-order valence-corrected chi connectivity index (χ2v) is 6.55. The van der Waals surface area contributed by atoms with Crippen LogP contribution >= 0.6 is 15.9 Å². The van der Waals surface area contributed by atoms with Crippen molar-refractivity contribution in [1.29, 1.82) is 0 Å². The van der Waals surface area contributed by atoms with Crippen molar-refractivity contribution in [2.45, 2.75) is 26.7 Å². The number of halogens is 1. The molecule has 0 saturated carbocycles. The Kier molecular flexibility index (Phi) is 4.22. The maximum atomic E-state index is 11.3. The van der Waals surface area contributed by atoms with E-state index in [9.17, 15) is 20.0 Å². The zero-order valence-corrected chi connectivity index (χ0v) is 13.5. The van der Waals surface area contributed by atoms with Crippen molar-refractivity contribution >= 4 is 33.3 Å². The molecule has 1 aliphatic rings. The Labute approximate surface area is 131 Å². The number of carboxylic acids is 1. The number of nitro groups is 1. The van der Waals surface area contributed by atoms with Crippen LogP contribution in [0, 0.1) is 22.5 Å². The Bertz CT molecular complexity index is 595. The van der Waals surface area contributed by atoms with Crippen molar-refractivity contribution in [3.05, 3.63) is 32.3 Å². The van der Waals surface area contributed by atoms with Gasteiger partial charge in [0.05, 0.1) is 16.0 Å². The van der Waals surface area contributed by atoms with Gasteiger partial charge in [-0.05, 0) is 48.7 Å². The summed E-state index contributed by atoms with van der Waals surface area (Å²) in [6.07, 6.45) is 1.12. The van der Waals surface area contributed by atoms with E-state index in [1.807, 2.05) is 0 Å². The van der Waals surface area contributed by atoms with E-state index in [-0.39, 0.29) is 5.69 Å². The fourth-order valence-electron chi connectivity index (χ4n) is 2.55. The summed E-state index contributed by atoms with van der Waals surface area (Å²) in [4.78, 5) is 23.9. The quantitative estimate of drug-likeness (QED) is 0.663. The summed E-state index contributed by atoms with van der Waals surface area (Å²) in [7, 11) is 0. The predicted molar refractivity (Wildman–Crippen MR) is 82.7 cm³/mol. The first-order valence-electron chi connectivity index (χ1n) is 6.67. The summed E-state index contributed by atoms with van der Waals surface area (Å²) >= 11 is 3.38. The second-order valence-electron chi connectivity index (χ2n) is 5.70. The third-order valence-electron chi connectivity index (χ3n) is 4.19. The highest BCUT2D eigenvalue weighted by atomic mass is 79.9. The monoisotopic (exact) mass is 356 g/mol. The number of hydrogen-bond donors (Lipinski definition) is 1. The van der Waals surface area contributed by atoms with Gasteiger partial charge in [-0.2, -0.15) is 0 Å². The van der Waals surface area contributed by atoms with Gasteiger partial charge in [0.15, 0.2) is 0 Å². The average molecular weight is 357 g/mol. The lowest BCUT2D eigenvalue weighted by atomic mass is 9.80. The summed E-state index contributed by atoms with van der Waals surface area (Å²) in [5.41, 5.74) is 0.882. The molecular formula is C14H17BrN2O4. The summed E-state index contributed by atoms with van der Waals surface area (Å²) < 4.78 is 0.665. The molecule has 0 unspecified atom stereocenters. The molecule has 1 fully saturated rings. The molecule has 0 aromatic heterocycles. The molecule has 0 radical (unpaired) electrons. The number of benzene rings is 1. The molecular weight excluding hydrogens is 340 g/mol. The summed E-state index contributed by atoms with van der Waals surface area (Å²) in [5, 5.41) is 20.2. The summed E-state index contributed by atoms with van der Waals surface area (Å²) in [5.74, 6) is -0.763. The Morgan fingerprint density at radius 1 is 1.43 bits per heavy atom. The van der Waals surface area contributed by atoms with Crippen LogP contribution in [0.2, 0.25) is 0 Å². The summed E-state index contributed by atoms with van der Waals surface area (Å²) in [6, 6.07) is 3.29. The van der Waals surface area contributed by atoms with E-state index in [1.54, 1.807) is 19.9 Å². The first kappa shape index (κ1) is 15.8. The number of aliphatic carboxylic acids is 1. The molecule has 7 heteroatoms. The molecule has 1 aromatic carbocycles. The fraction of sp³-hybridized carbons (Fsp3) is 0.500. The van der Waals surface area contributed by atoms with Gasteiger partial charge in [0.25, 0.3) is 5.69 Å². The first-order chi connectivity index (χ1) is 9.74. The number of carboxylic acid groups (broad SMARTS) is 1. The lowest BCUT2D eigenvalue weighted by Crippen LogP contribution is -2.42. The van der Waals surface area contributed by atoms with E-state index in [4.69, 9.17) is 0 Å². The van der Waals surface area contributed by atoms with Crippen molar-refractivity contribution in [1.82, 2.24) is 0 Å². The molecule has 0 bridgehead atoms. The van der Waals surface area contributed by atoms with Gasteiger partial charge in [0.1, 0.15) is 0 Å². The van der Waals surface area contributed by atoms with Crippen LogP contribution in [0.5, 0.6) is 0 Å². The number of nitro benzene ring substituents is 1. The standard InChI is InChI=1S/C14H17BrN2O4/c1-9-7-12(10(15)8-11(9)17(20)21)16-5-3-14(2,4-6-16)13(18)19/h7-8H,3-6H2,1-2H3,(H,18,19). The first-order valence-corrected chi connectivity index (χ1v) is 7.47. The van der Waals surface area contributed by atoms with E-state index in [2.05, 4.69) is 20.8 Å². The van der Waals surface area contributed by atoms with E-state index in [0.717, 1.165) is 5.69 Å². The maximum Gasteiger partial charge on any atom is 0.309 e. The number of aryl methyl sites for hydroxylation is 1. The van der Waals surface area contributed by atoms with E-state index >= 15 is 0 Å². The minimum atomic E-state index is -0.763. The highest BCUT2D eigenvalue weighted by Crippen LogP contribution is 2.38. The fourth-order valence-corrected chi connectivity index (χ4v) is 3.13. The molecule has 0 atom stereocenters. The number of rotatable bonds is 3. The van der Waals surface area contributed by atoms with Crippen LogP contribution in [-0.4, -0.2) is 29.1 Å². The Morgan fingerprint density at radius 3 is 2.48 bits per heavy atom. The van der Waals surface area contributed by atoms with Crippen LogP contribution in [0.15, 0.2) is 16.6 Å². The Hall–Kier alpha value is -1.63. The zero-order chi connectivity index (χ0) is 15.8. The highest BCUT2D eigenvalue weighted by Gasteiger charge is 2.37. The van der Waals surface area contributed by atoms with Gasteiger partial charge >= 0.3 is 5.97 Å². The number of piperidine rings is 1. The molecule has 1 aliphatic heterocycles. The van der Waals surface area contributed by atoms with Crippen LogP contribution < -0.4 is 4.90 Å². The minimum absolute atomic E-state index is 0.0815. The van der Waals surface area contributed by atoms with Gasteiger partial charge in [0, 0.05) is 29.2 Å². The molecule has 6 nitrogen and oxygen atoms in total. The third-order valence-corrected chi connectivity index (χ3v) is 4.82. The molecule has 0 spiro atoms. The SMILES string of the molecule is Cc1cc(N2CCC(C)(C(=O)O)CC2)c(Br)cc1[N+](=O)[O-]. The molecule has 1 aromatic rings. The van der Waals surface area contributed by atoms with Gasteiger partial charge in [-0.1, -0.05) is 0 Å². The van der Waals surface area contributed by atoms with Crippen LogP contribution in [0.3, 0.4) is 0 Å². The van der Waals surface area contributed by atoms with Crippen molar-refractivity contribution in [2.75, 3.05) is 18.0 Å². The van der Waals surface area contributed by atoms with Gasteiger partial charge < -0.3 is 10.0 Å². The molecule has 1 heterocycles. The van der Waals surface area contributed by atoms with Crippen LogP contribution in [0.4, 0.5) is 11.4 Å². The molecule has 21 heavy (non-hydrogen) atoms. The van der Waals surface area contributed by atoms with Crippen molar-refractivity contribution in [2.24, 2.45) is 5.41 Å². The Morgan fingerprint density at radius 2 is 2.00 bits per heavy atom. The van der Waals surface area contributed by atoms with Crippen molar-refractivity contribution in [3.8, 4) is 0 Å². The lowest BCUT2D eigenvalue weighted by molar-refractivity contribution is -0.385. The van der Waals surface area contributed by atoms with Crippen LogP contribution in [0.1, 0.15) is 25.3 Å². The zero-order valence-electron chi connectivity index (χ0n) is 11.9. The van der Waals surface area contributed by atoms with Crippen molar-refractivity contribution < 1.29 is 14.8 Å². The summed E-state index contributed by atoms with van der Waals surface area (Å²) in [6.45, 7) is 4.72. The normalized spacial score (nSPS) is 17.6. The predicted octanol–water partition coefficient (Wildman–Crippen LogP) is 3.36. The molecule has 1 N–H and O–H groups in total. The average Bonchev–Trinajstić information content (AvgIpc) is 2.41. The topological polar surface area (TPSA) is 83.7 Å². The number of nitrogens with zero attached hydrogens (tertiary/aromatic N) is 2. The van der Waals surface area contributed by atoms with Gasteiger partial charge in [-0.25, -0.2) is 0 Å². The van der Waals surface area contributed by atoms with E-state index < -0.39 is 16.3 Å². The molecule has 1 saturated heterocycles. The van der Waals surface area contributed by atoms with E-state index in [1.165, 1.54) is 6.07 Å². The van der Waals surface area contributed by atoms with E-state index in [0.29, 0.717) is 36.0 Å². The highest BCUT2D eigenvalue weighted by molar-refractivity contribution is 9.10. The number of hydrogen-bond acceptors (Lipinski definition) is 4. The second kappa shape index (κ2) is 5.63. The number of carbonyl (C=O) groups is 1. The molecule has 114 valence electrons. The molecule has 0 amide bonds. The Balaban J connectivity index is 2.23. The minimum Gasteiger partial charge on any atom is -0.481 e. The molecule has 2 rings (SSSR count). The molecule has 0 aliphatic carbocycles. The van der Waals surface area contributed by atoms with Gasteiger partial charge in [-0.15, -0.1) is 0 Å². The van der Waals surface area contributed by atoms with Gasteiger partial charge in [0.2, 0.25) is 0 Å². The maximum absolute atomic E-state index is 11.3. The van der Waals surface area contributed by atoms with Crippen LogP contribution in [-0.2, 0) is 4.79 Å². The van der Waals surface area contributed by atoms with Crippen LogP contribution in [0.25, 0.3) is 0 Å². The van der Waals surface area contributed by atoms with Gasteiger partial charge in [-0.3, -0.25) is 14.9 Å². The smallest absolute Gasteiger partial charge is 0.309 e. The number of anilines is 1.